The van der Waals surface area contributed by atoms with Gasteiger partial charge in [-0.1, -0.05) is 29.8 Å². The number of carbonyl (C=O) groups is 1. The van der Waals surface area contributed by atoms with Crippen molar-refractivity contribution in [3.63, 3.8) is 0 Å². The quantitative estimate of drug-likeness (QED) is 0.535. The van der Waals surface area contributed by atoms with Crippen LogP contribution in [0, 0.1) is 6.92 Å². The van der Waals surface area contributed by atoms with E-state index in [1.165, 1.54) is 6.33 Å². The van der Waals surface area contributed by atoms with Crippen molar-refractivity contribution < 1.29 is 9.53 Å². The van der Waals surface area contributed by atoms with Gasteiger partial charge in [0.1, 0.15) is 0 Å². The van der Waals surface area contributed by atoms with Crippen LogP contribution in [0.4, 0.5) is 0 Å². The largest absolute Gasteiger partial charge is 0.462 e. The first kappa shape index (κ1) is 15.9. The molecule has 0 aliphatic carbocycles. The number of aromatic nitrogens is 2. The molecular formula is C19H18N2O3. The molecule has 1 aromatic heterocycles. The van der Waals surface area contributed by atoms with Crippen LogP contribution in [-0.4, -0.2) is 22.1 Å². The Morgan fingerprint density at radius 3 is 2.83 bits per heavy atom. The third-order valence-corrected chi connectivity index (χ3v) is 3.76. The number of para-hydroxylation sites is 1. The van der Waals surface area contributed by atoms with Crippen molar-refractivity contribution in [2.75, 3.05) is 6.61 Å². The average molecular weight is 322 g/mol. The summed E-state index contributed by atoms with van der Waals surface area (Å²) in [6.45, 7) is 2.64. The molecular weight excluding hydrogens is 304 g/mol. The molecule has 0 amide bonds. The Labute approximate surface area is 139 Å². The van der Waals surface area contributed by atoms with E-state index in [1.54, 1.807) is 22.8 Å². The van der Waals surface area contributed by atoms with Crippen molar-refractivity contribution in [3.05, 3.63) is 76.3 Å². The maximum Gasteiger partial charge on any atom is 0.338 e. The highest BCUT2D eigenvalue weighted by Gasteiger charge is 2.07. The molecule has 122 valence electrons. The lowest BCUT2D eigenvalue weighted by molar-refractivity contribution is 0.0495. The van der Waals surface area contributed by atoms with Crippen LogP contribution in [0.2, 0.25) is 0 Å². The number of hydrogen-bond acceptors (Lipinski definition) is 4. The molecule has 0 saturated heterocycles. The van der Waals surface area contributed by atoms with Gasteiger partial charge in [0.2, 0.25) is 0 Å². The summed E-state index contributed by atoms with van der Waals surface area (Å²) in [5.41, 5.74) is 2.16. The van der Waals surface area contributed by atoms with Crippen molar-refractivity contribution >= 4 is 16.9 Å². The van der Waals surface area contributed by atoms with Gasteiger partial charge in [-0.15, -0.1) is 0 Å². The van der Waals surface area contributed by atoms with Gasteiger partial charge in [-0.05, 0) is 37.6 Å². The summed E-state index contributed by atoms with van der Waals surface area (Å²) < 4.78 is 6.80. The van der Waals surface area contributed by atoms with Crippen molar-refractivity contribution in [2.45, 2.75) is 19.9 Å². The molecule has 0 unspecified atom stereocenters. The molecule has 5 heteroatoms. The Morgan fingerprint density at radius 2 is 2.00 bits per heavy atom. The van der Waals surface area contributed by atoms with Crippen molar-refractivity contribution in [2.24, 2.45) is 0 Å². The summed E-state index contributed by atoms with van der Waals surface area (Å²) >= 11 is 0. The Balaban J connectivity index is 1.58. The van der Waals surface area contributed by atoms with E-state index < -0.39 is 0 Å². The molecule has 24 heavy (non-hydrogen) atoms. The summed E-state index contributed by atoms with van der Waals surface area (Å²) in [5, 5.41) is 0.594. The van der Waals surface area contributed by atoms with Crippen LogP contribution >= 0.6 is 0 Å². The van der Waals surface area contributed by atoms with Crippen LogP contribution in [0.25, 0.3) is 10.9 Å². The Hall–Kier alpha value is -2.95. The molecule has 2 aromatic carbocycles. The van der Waals surface area contributed by atoms with Crippen molar-refractivity contribution in [1.29, 1.82) is 0 Å². The van der Waals surface area contributed by atoms with Gasteiger partial charge in [0, 0.05) is 6.54 Å². The van der Waals surface area contributed by atoms with Crippen LogP contribution in [-0.2, 0) is 11.3 Å². The lowest BCUT2D eigenvalue weighted by Crippen LogP contribution is -2.21. The fourth-order valence-corrected chi connectivity index (χ4v) is 2.52. The minimum absolute atomic E-state index is 0.0781. The summed E-state index contributed by atoms with van der Waals surface area (Å²) in [7, 11) is 0. The van der Waals surface area contributed by atoms with Gasteiger partial charge in [0.05, 0.1) is 29.4 Å². The highest BCUT2D eigenvalue weighted by molar-refractivity contribution is 5.89. The molecule has 0 bridgehead atoms. The van der Waals surface area contributed by atoms with Gasteiger partial charge in [0.25, 0.3) is 5.56 Å². The highest BCUT2D eigenvalue weighted by atomic mass is 16.5. The van der Waals surface area contributed by atoms with Gasteiger partial charge in [0.15, 0.2) is 0 Å². The number of carbonyl (C=O) groups excluding carboxylic acids is 1. The maximum absolute atomic E-state index is 12.3. The van der Waals surface area contributed by atoms with E-state index in [9.17, 15) is 9.59 Å². The highest BCUT2D eigenvalue weighted by Crippen LogP contribution is 2.07. The Kier molecular flexibility index (Phi) is 4.70. The average Bonchev–Trinajstić information content (AvgIpc) is 2.60. The fraction of sp³-hybridized carbons (Fsp3) is 0.211. The first-order valence-electron chi connectivity index (χ1n) is 7.83. The van der Waals surface area contributed by atoms with Crippen molar-refractivity contribution in [3.8, 4) is 0 Å². The molecule has 0 N–H and O–H groups in total. The number of ether oxygens (including phenoxy) is 1. The third kappa shape index (κ3) is 3.51. The number of hydrogen-bond donors (Lipinski definition) is 0. The molecule has 0 fully saturated rings. The predicted molar refractivity (Wildman–Crippen MR) is 92.1 cm³/mol. The van der Waals surface area contributed by atoms with Crippen LogP contribution < -0.4 is 5.56 Å². The topological polar surface area (TPSA) is 61.2 Å². The normalized spacial score (nSPS) is 10.7. The van der Waals surface area contributed by atoms with Crippen LogP contribution in [0.3, 0.4) is 0 Å². The zero-order valence-corrected chi connectivity index (χ0v) is 13.4. The second-order valence-electron chi connectivity index (χ2n) is 5.62. The van der Waals surface area contributed by atoms with E-state index in [2.05, 4.69) is 4.98 Å². The zero-order valence-electron chi connectivity index (χ0n) is 13.4. The molecule has 0 atom stereocenters. The molecule has 1 heterocycles. The molecule has 5 nitrogen and oxygen atoms in total. The number of fused-ring (bicyclic) bond motifs is 1. The molecule has 3 aromatic rings. The Bertz CT molecular complexity index is 931. The molecule has 0 aliphatic heterocycles. The van der Waals surface area contributed by atoms with Crippen LogP contribution in [0.1, 0.15) is 22.3 Å². The number of aryl methyl sites for hydroxylation is 2. The summed E-state index contributed by atoms with van der Waals surface area (Å²) in [6, 6.07) is 14.5. The second-order valence-corrected chi connectivity index (χ2v) is 5.62. The number of rotatable bonds is 5. The van der Waals surface area contributed by atoms with E-state index in [4.69, 9.17) is 4.74 Å². The van der Waals surface area contributed by atoms with Gasteiger partial charge >= 0.3 is 5.97 Å². The number of nitrogens with zero attached hydrogens (tertiary/aromatic N) is 2. The lowest BCUT2D eigenvalue weighted by atomic mass is 10.1. The fourth-order valence-electron chi connectivity index (χ4n) is 2.52. The number of benzene rings is 2. The monoisotopic (exact) mass is 322 g/mol. The van der Waals surface area contributed by atoms with Gasteiger partial charge in [-0.2, -0.15) is 0 Å². The van der Waals surface area contributed by atoms with Crippen LogP contribution in [0.5, 0.6) is 0 Å². The van der Waals surface area contributed by atoms with Crippen LogP contribution in [0.15, 0.2) is 59.7 Å². The minimum Gasteiger partial charge on any atom is -0.462 e. The summed E-state index contributed by atoms with van der Waals surface area (Å²) in [6.07, 6.45) is 2.09. The summed E-state index contributed by atoms with van der Waals surface area (Å²) in [5.74, 6) is -0.345. The smallest absolute Gasteiger partial charge is 0.338 e. The molecule has 3 rings (SSSR count). The molecule has 0 saturated carbocycles. The Morgan fingerprint density at radius 1 is 1.17 bits per heavy atom. The first-order chi connectivity index (χ1) is 11.6. The van der Waals surface area contributed by atoms with E-state index in [0.29, 0.717) is 29.4 Å². The molecule has 0 spiro atoms. The molecule has 0 radical (unpaired) electrons. The third-order valence-electron chi connectivity index (χ3n) is 3.76. The van der Waals surface area contributed by atoms with E-state index >= 15 is 0 Å². The number of esters is 1. The van der Waals surface area contributed by atoms with Gasteiger partial charge in [-0.25, -0.2) is 9.78 Å². The minimum atomic E-state index is -0.345. The maximum atomic E-state index is 12.3. The lowest BCUT2D eigenvalue weighted by Gasteiger charge is -2.08. The van der Waals surface area contributed by atoms with Gasteiger partial charge in [-0.3, -0.25) is 9.36 Å². The SMILES string of the molecule is Cc1cccc(C(=O)OCCCn2cnc3ccccc3c2=O)c1. The standard InChI is InChI=1S/C19H18N2O3/c1-14-6-4-7-15(12-14)19(23)24-11-5-10-21-13-20-17-9-3-2-8-16(17)18(21)22/h2-4,6-9,12-13H,5,10-11H2,1H3. The van der Waals surface area contributed by atoms with Crippen molar-refractivity contribution in [1.82, 2.24) is 9.55 Å². The van der Waals surface area contributed by atoms with E-state index in [-0.39, 0.29) is 18.1 Å². The summed E-state index contributed by atoms with van der Waals surface area (Å²) in [4.78, 5) is 28.5. The second kappa shape index (κ2) is 7.08. The zero-order chi connectivity index (χ0) is 16.9. The predicted octanol–water partition coefficient (Wildman–Crippen LogP) is 2.95. The van der Waals surface area contributed by atoms with Gasteiger partial charge < -0.3 is 4.74 Å². The van der Waals surface area contributed by atoms with E-state index in [1.807, 2.05) is 37.3 Å². The molecule has 0 aliphatic rings. The first-order valence-corrected chi connectivity index (χ1v) is 7.83. The van der Waals surface area contributed by atoms with E-state index in [0.717, 1.165) is 5.56 Å².